The zero-order chi connectivity index (χ0) is 21.3. The molecule has 0 aliphatic carbocycles. The van der Waals surface area contributed by atoms with Crippen molar-refractivity contribution in [1.29, 1.82) is 0 Å². The predicted octanol–water partition coefficient (Wildman–Crippen LogP) is 2.50. The molecule has 1 radical (unpaired) electrons. The van der Waals surface area contributed by atoms with Gasteiger partial charge in [-0.25, -0.2) is 4.98 Å². The second kappa shape index (κ2) is 12.8. The molecule has 3 aromatic rings. The molecule has 0 aliphatic rings. The van der Waals surface area contributed by atoms with E-state index < -0.39 is 0 Å². The van der Waals surface area contributed by atoms with Crippen LogP contribution in [-0.2, 0) is 17.1 Å². The molecule has 0 spiro atoms. The van der Waals surface area contributed by atoms with Crippen molar-refractivity contribution in [2.24, 2.45) is 20.4 Å². The molecule has 0 saturated heterocycles. The minimum atomic E-state index is -0.216. The van der Waals surface area contributed by atoms with Gasteiger partial charge in [0.2, 0.25) is 11.8 Å². The van der Waals surface area contributed by atoms with Crippen LogP contribution in [0.4, 0.5) is 0 Å². The molecule has 0 aliphatic heterocycles. The molecule has 169 valence electrons. The summed E-state index contributed by atoms with van der Waals surface area (Å²) in [6.45, 7) is 3.46. The SMILES string of the molecule is C/C(=N\N=C(O)c1ccncc1)c1cccc(/C(C)=N/N=C(O)c2ccncc2)n1.O.[Cu]. The number of nitrogens with zero attached hydrogens (tertiary/aromatic N) is 7. The second-order valence-electron chi connectivity index (χ2n) is 6.10. The first-order chi connectivity index (χ1) is 14.5. The Bertz CT molecular complexity index is 1050. The van der Waals surface area contributed by atoms with E-state index in [0.717, 1.165) is 0 Å². The van der Waals surface area contributed by atoms with Crippen LogP contribution in [0.25, 0.3) is 0 Å². The third-order valence-corrected chi connectivity index (χ3v) is 3.96. The summed E-state index contributed by atoms with van der Waals surface area (Å²) in [4.78, 5) is 12.3. The van der Waals surface area contributed by atoms with E-state index in [4.69, 9.17) is 0 Å². The van der Waals surface area contributed by atoms with Gasteiger partial charge in [-0.1, -0.05) is 6.07 Å². The van der Waals surface area contributed by atoms with Crippen LogP contribution in [-0.4, -0.2) is 53.9 Å². The van der Waals surface area contributed by atoms with Crippen molar-refractivity contribution in [3.8, 4) is 0 Å². The summed E-state index contributed by atoms with van der Waals surface area (Å²) in [6, 6.07) is 11.9. The molecule has 3 heterocycles. The van der Waals surface area contributed by atoms with Gasteiger partial charge in [0, 0.05) is 53.0 Å². The van der Waals surface area contributed by atoms with Crippen molar-refractivity contribution >= 4 is 23.2 Å². The van der Waals surface area contributed by atoms with Crippen LogP contribution in [0, 0.1) is 0 Å². The first kappa shape index (κ1) is 26.2. The smallest absolute Gasteiger partial charge is 0.238 e. The fourth-order valence-corrected chi connectivity index (χ4v) is 2.30. The van der Waals surface area contributed by atoms with E-state index in [9.17, 15) is 10.2 Å². The van der Waals surface area contributed by atoms with E-state index in [1.165, 1.54) is 0 Å². The summed E-state index contributed by atoms with van der Waals surface area (Å²) in [5.74, 6) is -0.432. The number of aliphatic hydroxyl groups excluding tert-OH is 2. The monoisotopic (exact) mass is 482 g/mol. The Morgan fingerprint density at radius 2 is 1.03 bits per heavy atom. The standard InChI is InChI=1S/C21H19N7O2.Cu.H2O/c1-14(25-27-20(29)16-6-10-22-11-7-16)18-4-3-5-19(24-18)15(2)26-28-21(30)17-8-12-23-13-9-17;;/h3-13H,1-2H3,(H,27,29)(H,28,30);;1H2/b25-14+,26-15+;;. The predicted molar refractivity (Wildman–Crippen MR) is 119 cm³/mol. The molecule has 3 aromatic heterocycles. The van der Waals surface area contributed by atoms with E-state index in [1.54, 1.807) is 81.1 Å². The van der Waals surface area contributed by atoms with Gasteiger partial charge in [0.15, 0.2) is 0 Å². The number of hydrogen-bond donors (Lipinski definition) is 2. The average molecular weight is 483 g/mol. The van der Waals surface area contributed by atoms with Crippen LogP contribution in [0.2, 0.25) is 0 Å². The van der Waals surface area contributed by atoms with Crippen LogP contribution in [0.5, 0.6) is 0 Å². The summed E-state index contributed by atoms with van der Waals surface area (Å²) in [5.41, 5.74) is 3.17. The Morgan fingerprint density at radius 3 is 1.41 bits per heavy atom. The topological polar surface area (TPSA) is 160 Å². The summed E-state index contributed by atoms with van der Waals surface area (Å²) >= 11 is 0. The fourth-order valence-electron chi connectivity index (χ4n) is 2.30. The minimum absolute atomic E-state index is 0. The summed E-state index contributed by atoms with van der Waals surface area (Å²) < 4.78 is 0. The zero-order valence-corrected chi connectivity index (χ0v) is 18.1. The van der Waals surface area contributed by atoms with Gasteiger partial charge in [0.05, 0.1) is 22.8 Å². The van der Waals surface area contributed by atoms with E-state index in [0.29, 0.717) is 33.9 Å². The summed E-state index contributed by atoms with van der Waals surface area (Å²) in [7, 11) is 0. The number of aromatic nitrogens is 3. The number of pyridine rings is 3. The number of hydrogen-bond acceptors (Lipinski definition) is 7. The summed E-state index contributed by atoms with van der Waals surface area (Å²) in [6.07, 6.45) is 6.22. The van der Waals surface area contributed by atoms with E-state index >= 15 is 0 Å². The van der Waals surface area contributed by atoms with Gasteiger partial charge in [-0.15, -0.1) is 20.4 Å². The van der Waals surface area contributed by atoms with Crippen LogP contribution in [0.1, 0.15) is 36.4 Å². The Balaban J connectivity index is 0.00000256. The first-order valence-electron chi connectivity index (χ1n) is 8.95. The molecule has 0 atom stereocenters. The maximum absolute atomic E-state index is 10.0. The van der Waals surface area contributed by atoms with Gasteiger partial charge in [0.25, 0.3) is 0 Å². The molecule has 0 fully saturated rings. The maximum Gasteiger partial charge on any atom is 0.238 e. The Labute approximate surface area is 195 Å². The van der Waals surface area contributed by atoms with Gasteiger partial charge in [-0.2, -0.15) is 0 Å². The van der Waals surface area contributed by atoms with Crippen LogP contribution in [0.15, 0.2) is 87.7 Å². The molecule has 0 unspecified atom stereocenters. The quantitative estimate of drug-likeness (QED) is 0.238. The Hall–Kier alpha value is -3.79. The molecular formula is C21H21CuN7O3. The third kappa shape index (κ3) is 7.17. The average Bonchev–Trinajstić information content (AvgIpc) is 2.81. The van der Waals surface area contributed by atoms with Crippen molar-refractivity contribution < 1.29 is 32.8 Å². The van der Waals surface area contributed by atoms with Crippen molar-refractivity contribution in [2.45, 2.75) is 13.8 Å². The molecule has 32 heavy (non-hydrogen) atoms. The fraction of sp³-hybridized carbons (Fsp3) is 0.0952. The molecule has 3 rings (SSSR count). The minimum Gasteiger partial charge on any atom is -0.492 e. The normalized spacial score (nSPS) is 12.6. The van der Waals surface area contributed by atoms with Crippen molar-refractivity contribution in [3.63, 3.8) is 0 Å². The van der Waals surface area contributed by atoms with Crippen molar-refractivity contribution in [3.05, 3.63) is 89.8 Å². The van der Waals surface area contributed by atoms with Crippen LogP contribution >= 0.6 is 0 Å². The largest absolute Gasteiger partial charge is 0.492 e. The van der Waals surface area contributed by atoms with Crippen LogP contribution < -0.4 is 0 Å². The summed E-state index contributed by atoms with van der Waals surface area (Å²) in [5, 5.41) is 35.8. The Kier molecular flexibility index (Phi) is 10.5. The molecule has 10 nitrogen and oxygen atoms in total. The van der Waals surface area contributed by atoms with Gasteiger partial charge in [0.1, 0.15) is 0 Å². The maximum atomic E-state index is 10.0. The third-order valence-electron chi connectivity index (χ3n) is 3.96. The van der Waals surface area contributed by atoms with Crippen molar-refractivity contribution in [1.82, 2.24) is 15.0 Å². The van der Waals surface area contributed by atoms with E-state index in [2.05, 4.69) is 35.4 Å². The number of rotatable bonds is 6. The molecule has 0 bridgehead atoms. The van der Waals surface area contributed by atoms with Crippen LogP contribution in [0.3, 0.4) is 0 Å². The van der Waals surface area contributed by atoms with E-state index in [1.807, 2.05) is 0 Å². The first-order valence-corrected chi connectivity index (χ1v) is 8.95. The molecule has 11 heteroatoms. The molecule has 0 saturated carbocycles. The van der Waals surface area contributed by atoms with E-state index in [-0.39, 0.29) is 34.3 Å². The van der Waals surface area contributed by atoms with Gasteiger partial charge >= 0.3 is 0 Å². The van der Waals surface area contributed by atoms with Gasteiger partial charge in [-0.05, 0) is 50.2 Å². The second-order valence-corrected chi connectivity index (χ2v) is 6.10. The molecule has 0 aromatic carbocycles. The zero-order valence-electron chi connectivity index (χ0n) is 17.2. The van der Waals surface area contributed by atoms with Gasteiger partial charge < -0.3 is 15.7 Å². The molecular weight excluding hydrogens is 462 g/mol. The number of aliphatic hydroxyl groups is 2. The molecule has 4 N–H and O–H groups in total. The molecule has 0 amide bonds. The Morgan fingerprint density at radius 1 is 0.656 bits per heavy atom. The van der Waals surface area contributed by atoms with Crippen molar-refractivity contribution in [2.75, 3.05) is 0 Å². The van der Waals surface area contributed by atoms with Gasteiger partial charge in [-0.3, -0.25) is 9.97 Å².